The van der Waals surface area contributed by atoms with Crippen LogP contribution in [-0.4, -0.2) is 5.11 Å². The van der Waals surface area contributed by atoms with Crippen LogP contribution < -0.4 is 5.32 Å². The van der Waals surface area contributed by atoms with Crippen molar-refractivity contribution in [3.05, 3.63) is 82.9 Å². The minimum absolute atomic E-state index is 0.106. The lowest BCUT2D eigenvalue weighted by molar-refractivity contribution is 0.404. The van der Waals surface area contributed by atoms with Gasteiger partial charge in [-0.05, 0) is 59.7 Å². The van der Waals surface area contributed by atoms with E-state index in [1.165, 1.54) is 27.8 Å². The molecule has 5 rings (SSSR count). The van der Waals surface area contributed by atoms with Gasteiger partial charge in [0.2, 0.25) is 0 Å². The maximum atomic E-state index is 10.8. The molecule has 3 aromatic carbocycles. The summed E-state index contributed by atoms with van der Waals surface area (Å²) in [6.07, 6.45) is 5.70. The Bertz CT molecular complexity index is 1050. The predicted octanol–water partition coefficient (Wildman–Crippen LogP) is 5.99. The van der Waals surface area contributed by atoms with Gasteiger partial charge in [-0.25, -0.2) is 0 Å². The van der Waals surface area contributed by atoms with Gasteiger partial charge in [0, 0.05) is 17.2 Å². The SMILES string of the molecule is Cc1ccc2c(c1C)NC(c1c(O)ccc3ccccc13)C1CC=CC21. The molecule has 2 nitrogen and oxygen atoms in total. The number of benzene rings is 3. The maximum Gasteiger partial charge on any atom is 0.121 e. The summed E-state index contributed by atoms with van der Waals surface area (Å²) < 4.78 is 0. The lowest BCUT2D eigenvalue weighted by Gasteiger charge is -2.39. The Morgan fingerprint density at radius 2 is 1.85 bits per heavy atom. The molecule has 0 saturated carbocycles. The van der Waals surface area contributed by atoms with Gasteiger partial charge < -0.3 is 10.4 Å². The van der Waals surface area contributed by atoms with Gasteiger partial charge in [-0.2, -0.15) is 0 Å². The van der Waals surface area contributed by atoms with Crippen molar-refractivity contribution in [2.75, 3.05) is 5.32 Å². The molecule has 130 valence electrons. The fourth-order valence-corrected chi connectivity index (χ4v) is 4.82. The van der Waals surface area contributed by atoms with Gasteiger partial charge in [-0.3, -0.25) is 0 Å². The number of phenols is 1. The maximum absolute atomic E-state index is 10.8. The van der Waals surface area contributed by atoms with Crippen molar-refractivity contribution in [2.24, 2.45) is 5.92 Å². The molecule has 0 amide bonds. The first-order valence-electron chi connectivity index (χ1n) is 9.39. The highest BCUT2D eigenvalue weighted by Gasteiger charge is 2.40. The van der Waals surface area contributed by atoms with Crippen molar-refractivity contribution >= 4 is 16.5 Å². The van der Waals surface area contributed by atoms with Crippen LogP contribution in [0, 0.1) is 19.8 Å². The van der Waals surface area contributed by atoms with E-state index < -0.39 is 0 Å². The molecular formula is C24H23NO. The number of aryl methyl sites for hydroxylation is 1. The molecule has 0 bridgehead atoms. The van der Waals surface area contributed by atoms with E-state index in [1.54, 1.807) is 0 Å². The number of rotatable bonds is 1. The molecule has 0 spiro atoms. The van der Waals surface area contributed by atoms with Gasteiger partial charge in [0.25, 0.3) is 0 Å². The standard InChI is InChI=1S/C24H23NO/c1-14-10-12-20-18-8-5-9-19(18)24(25-23(20)15(14)2)22-17-7-4-3-6-16(17)11-13-21(22)26/h3-8,10-13,18-19,24-26H,9H2,1-2H3. The van der Waals surface area contributed by atoms with Crippen LogP contribution in [0.3, 0.4) is 0 Å². The highest BCUT2D eigenvalue weighted by Crippen LogP contribution is 2.53. The molecule has 26 heavy (non-hydrogen) atoms. The number of anilines is 1. The monoisotopic (exact) mass is 341 g/mol. The number of phenolic OH excluding ortho intramolecular Hbond substituents is 1. The van der Waals surface area contributed by atoms with E-state index in [2.05, 4.69) is 67.7 Å². The molecule has 3 aromatic rings. The lowest BCUT2D eigenvalue weighted by atomic mass is 9.75. The lowest BCUT2D eigenvalue weighted by Crippen LogP contribution is -2.30. The van der Waals surface area contributed by atoms with E-state index in [9.17, 15) is 5.11 Å². The zero-order valence-electron chi connectivity index (χ0n) is 15.2. The quantitative estimate of drug-likeness (QED) is 0.533. The van der Waals surface area contributed by atoms with Crippen LogP contribution in [0.1, 0.15) is 40.6 Å². The minimum atomic E-state index is 0.106. The zero-order valence-corrected chi connectivity index (χ0v) is 15.2. The summed E-state index contributed by atoms with van der Waals surface area (Å²) in [6.45, 7) is 4.36. The second kappa shape index (κ2) is 5.63. The van der Waals surface area contributed by atoms with Gasteiger partial charge in [0.15, 0.2) is 0 Å². The van der Waals surface area contributed by atoms with E-state index in [-0.39, 0.29) is 6.04 Å². The zero-order chi connectivity index (χ0) is 17.8. The first-order valence-corrected chi connectivity index (χ1v) is 9.39. The molecule has 0 aromatic heterocycles. The summed E-state index contributed by atoms with van der Waals surface area (Å²) in [5.74, 6) is 1.23. The van der Waals surface area contributed by atoms with Gasteiger partial charge in [0.1, 0.15) is 5.75 Å². The van der Waals surface area contributed by atoms with Crippen LogP contribution in [0.25, 0.3) is 10.8 Å². The third kappa shape index (κ3) is 2.11. The average molecular weight is 341 g/mol. The summed E-state index contributed by atoms with van der Waals surface area (Å²) in [4.78, 5) is 0. The molecule has 0 saturated heterocycles. The second-order valence-electron chi connectivity index (χ2n) is 7.67. The van der Waals surface area contributed by atoms with Crippen LogP contribution in [0.2, 0.25) is 0 Å². The molecule has 2 heteroatoms. The summed E-state index contributed by atoms with van der Waals surface area (Å²) in [5.41, 5.74) is 6.29. The summed E-state index contributed by atoms with van der Waals surface area (Å²) in [5, 5.41) is 16.9. The fourth-order valence-electron chi connectivity index (χ4n) is 4.82. The number of hydrogen-bond donors (Lipinski definition) is 2. The van der Waals surface area contributed by atoms with Crippen LogP contribution in [0.4, 0.5) is 5.69 Å². The van der Waals surface area contributed by atoms with Crippen molar-refractivity contribution in [1.82, 2.24) is 0 Å². The molecule has 3 atom stereocenters. The van der Waals surface area contributed by atoms with Crippen LogP contribution in [0.15, 0.2) is 60.7 Å². The Morgan fingerprint density at radius 1 is 1.00 bits per heavy atom. The van der Waals surface area contributed by atoms with Crippen molar-refractivity contribution in [3.63, 3.8) is 0 Å². The first-order chi connectivity index (χ1) is 12.6. The van der Waals surface area contributed by atoms with Crippen molar-refractivity contribution in [3.8, 4) is 5.75 Å². The third-order valence-electron chi connectivity index (χ3n) is 6.33. The third-order valence-corrected chi connectivity index (χ3v) is 6.33. The molecular weight excluding hydrogens is 318 g/mol. The molecule has 1 aliphatic carbocycles. The number of nitrogens with one attached hydrogen (secondary N) is 1. The molecule has 3 unspecified atom stereocenters. The van der Waals surface area contributed by atoms with E-state index in [0.29, 0.717) is 17.6 Å². The normalized spacial score (nSPS) is 23.5. The first kappa shape index (κ1) is 15.5. The average Bonchev–Trinajstić information content (AvgIpc) is 3.14. The van der Waals surface area contributed by atoms with Gasteiger partial charge in [-0.15, -0.1) is 0 Å². The van der Waals surface area contributed by atoms with Crippen molar-refractivity contribution < 1.29 is 5.11 Å². The second-order valence-corrected chi connectivity index (χ2v) is 7.67. The predicted molar refractivity (Wildman–Crippen MR) is 108 cm³/mol. The molecule has 2 N–H and O–H groups in total. The highest BCUT2D eigenvalue weighted by molar-refractivity contribution is 5.89. The van der Waals surface area contributed by atoms with E-state index >= 15 is 0 Å². The van der Waals surface area contributed by atoms with Gasteiger partial charge >= 0.3 is 0 Å². The van der Waals surface area contributed by atoms with Crippen LogP contribution in [0.5, 0.6) is 5.75 Å². The fraction of sp³-hybridized carbons (Fsp3) is 0.250. The van der Waals surface area contributed by atoms with Gasteiger partial charge in [0.05, 0.1) is 6.04 Å². The Kier molecular flexibility index (Phi) is 3.36. The molecule has 0 radical (unpaired) electrons. The molecule has 2 aliphatic rings. The largest absolute Gasteiger partial charge is 0.508 e. The van der Waals surface area contributed by atoms with E-state index in [1.807, 2.05) is 12.1 Å². The Morgan fingerprint density at radius 3 is 2.73 bits per heavy atom. The van der Waals surface area contributed by atoms with Crippen LogP contribution in [-0.2, 0) is 0 Å². The molecule has 1 aliphatic heterocycles. The summed E-state index contributed by atoms with van der Waals surface area (Å²) in [6, 6.07) is 16.8. The molecule has 0 fully saturated rings. The van der Waals surface area contributed by atoms with E-state index in [0.717, 1.165) is 17.4 Å². The topological polar surface area (TPSA) is 32.3 Å². The number of hydrogen-bond acceptors (Lipinski definition) is 2. The minimum Gasteiger partial charge on any atom is -0.508 e. The summed E-state index contributed by atoms with van der Waals surface area (Å²) >= 11 is 0. The van der Waals surface area contributed by atoms with Crippen molar-refractivity contribution in [1.29, 1.82) is 0 Å². The Balaban J connectivity index is 1.74. The van der Waals surface area contributed by atoms with Gasteiger partial charge in [-0.1, -0.05) is 54.6 Å². The smallest absolute Gasteiger partial charge is 0.121 e. The molecule has 1 heterocycles. The van der Waals surface area contributed by atoms with Crippen LogP contribution >= 0.6 is 0 Å². The Hall–Kier alpha value is -2.74. The number of aromatic hydroxyl groups is 1. The summed E-state index contributed by atoms with van der Waals surface area (Å²) in [7, 11) is 0. The highest BCUT2D eigenvalue weighted by atomic mass is 16.3. The number of fused-ring (bicyclic) bond motifs is 4. The van der Waals surface area contributed by atoms with Crippen molar-refractivity contribution in [2.45, 2.75) is 32.2 Å². The Labute approximate surface area is 154 Å². The number of allylic oxidation sites excluding steroid dienone is 2. The van der Waals surface area contributed by atoms with E-state index in [4.69, 9.17) is 0 Å².